The van der Waals surface area contributed by atoms with Gasteiger partial charge in [0.2, 0.25) is 0 Å². The molecule has 0 heterocycles. The molecule has 1 unspecified atom stereocenters. The summed E-state index contributed by atoms with van der Waals surface area (Å²) in [6, 6.07) is 5.27. The van der Waals surface area contributed by atoms with Gasteiger partial charge >= 0.3 is 0 Å². The summed E-state index contributed by atoms with van der Waals surface area (Å²) in [6.07, 6.45) is 1.45. The second-order valence-corrected chi connectivity index (χ2v) is 5.42. The van der Waals surface area contributed by atoms with E-state index in [0.29, 0.717) is 22.4 Å². The predicted molar refractivity (Wildman–Crippen MR) is 78.6 cm³/mol. The van der Waals surface area contributed by atoms with Gasteiger partial charge in [0, 0.05) is 11.1 Å². The Labute approximate surface area is 122 Å². The van der Waals surface area contributed by atoms with Crippen molar-refractivity contribution >= 4 is 34.7 Å². The smallest absolute Gasteiger partial charge is 0.260 e. The van der Waals surface area contributed by atoms with E-state index in [0.717, 1.165) is 12.8 Å². The molecule has 1 aromatic carbocycles. The first-order valence-corrected chi connectivity index (χ1v) is 6.82. The molecule has 1 aliphatic carbocycles. The summed E-state index contributed by atoms with van der Waals surface area (Å²) in [5, 5.41) is 3.38. The number of rotatable bonds is 5. The summed E-state index contributed by atoms with van der Waals surface area (Å²) >= 11 is 10.9. The second-order valence-electron chi connectivity index (χ2n) is 4.55. The minimum Gasteiger partial charge on any atom is -0.480 e. The van der Waals surface area contributed by atoms with Crippen LogP contribution in [-0.2, 0) is 4.79 Å². The normalized spacial score (nSPS) is 15.7. The standard InChI is InChI=1S/C13H15ClN2O2S/c1-7(13(17)16-9-3-4-9)18-11-6-8(14)2-5-10(11)12(15)19/h2,5-7,9H,3-4H2,1H3,(H2,15,19)(H,16,17). The molecule has 0 spiro atoms. The lowest BCUT2D eigenvalue weighted by molar-refractivity contribution is -0.127. The van der Waals surface area contributed by atoms with Crippen LogP contribution in [0, 0.1) is 0 Å². The average Bonchev–Trinajstić information content (AvgIpc) is 3.12. The third kappa shape index (κ3) is 3.81. The summed E-state index contributed by atoms with van der Waals surface area (Å²) in [5.41, 5.74) is 6.19. The number of carbonyl (C=O) groups is 1. The first-order chi connectivity index (χ1) is 8.97. The van der Waals surface area contributed by atoms with E-state index >= 15 is 0 Å². The van der Waals surface area contributed by atoms with E-state index in [4.69, 9.17) is 34.3 Å². The first kappa shape index (κ1) is 14.1. The SMILES string of the molecule is CC(Oc1cc(Cl)ccc1C(N)=S)C(=O)NC1CC1. The zero-order valence-corrected chi connectivity index (χ0v) is 12.1. The molecule has 19 heavy (non-hydrogen) atoms. The highest BCUT2D eigenvalue weighted by Gasteiger charge is 2.26. The third-order valence-electron chi connectivity index (χ3n) is 2.81. The molecule has 1 aliphatic rings. The fourth-order valence-electron chi connectivity index (χ4n) is 1.59. The molecule has 0 aliphatic heterocycles. The van der Waals surface area contributed by atoms with Gasteiger partial charge in [0.1, 0.15) is 10.7 Å². The Morgan fingerprint density at radius 3 is 2.84 bits per heavy atom. The van der Waals surface area contributed by atoms with Crippen LogP contribution in [0.3, 0.4) is 0 Å². The van der Waals surface area contributed by atoms with Crippen LogP contribution in [-0.4, -0.2) is 23.0 Å². The number of carbonyl (C=O) groups excluding carboxylic acids is 1. The first-order valence-electron chi connectivity index (χ1n) is 6.03. The van der Waals surface area contributed by atoms with Gasteiger partial charge < -0.3 is 15.8 Å². The number of ether oxygens (including phenoxy) is 1. The minimum absolute atomic E-state index is 0.142. The number of nitrogens with one attached hydrogen (secondary N) is 1. The van der Waals surface area contributed by atoms with Crippen LogP contribution < -0.4 is 15.8 Å². The van der Waals surface area contributed by atoms with E-state index in [1.165, 1.54) is 0 Å². The quantitative estimate of drug-likeness (QED) is 0.816. The topological polar surface area (TPSA) is 64.3 Å². The van der Waals surface area contributed by atoms with Gasteiger partial charge in [-0.05, 0) is 38.0 Å². The van der Waals surface area contributed by atoms with Crippen molar-refractivity contribution in [1.82, 2.24) is 5.32 Å². The monoisotopic (exact) mass is 298 g/mol. The van der Waals surface area contributed by atoms with Crippen molar-refractivity contribution in [2.75, 3.05) is 0 Å². The number of thiocarbonyl (C=S) groups is 1. The van der Waals surface area contributed by atoms with E-state index < -0.39 is 6.10 Å². The van der Waals surface area contributed by atoms with Crippen molar-refractivity contribution in [2.45, 2.75) is 31.9 Å². The van der Waals surface area contributed by atoms with Crippen molar-refractivity contribution in [1.29, 1.82) is 0 Å². The van der Waals surface area contributed by atoms with Crippen LogP contribution in [0.5, 0.6) is 5.75 Å². The lowest BCUT2D eigenvalue weighted by Gasteiger charge is -2.17. The van der Waals surface area contributed by atoms with Gasteiger partial charge in [0.25, 0.3) is 5.91 Å². The van der Waals surface area contributed by atoms with Gasteiger partial charge in [-0.3, -0.25) is 4.79 Å². The number of nitrogens with two attached hydrogens (primary N) is 1. The molecule has 1 atom stereocenters. The van der Waals surface area contributed by atoms with Crippen molar-refractivity contribution < 1.29 is 9.53 Å². The minimum atomic E-state index is -0.618. The van der Waals surface area contributed by atoms with E-state index in [1.807, 2.05) is 0 Å². The summed E-state index contributed by atoms with van der Waals surface area (Å²) in [6.45, 7) is 1.68. The molecule has 0 bridgehead atoms. The highest BCUT2D eigenvalue weighted by molar-refractivity contribution is 7.80. The molecular weight excluding hydrogens is 284 g/mol. The molecule has 1 fully saturated rings. The van der Waals surface area contributed by atoms with Gasteiger partial charge in [-0.25, -0.2) is 0 Å². The zero-order chi connectivity index (χ0) is 14.0. The highest BCUT2D eigenvalue weighted by Crippen LogP contribution is 2.25. The number of amides is 1. The molecule has 0 aromatic heterocycles. The van der Waals surface area contributed by atoms with Crippen LogP contribution >= 0.6 is 23.8 Å². The fraction of sp³-hybridized carbons (Fsp3) is 0.385. The van der Waals surface area contributed by atoms with Gasteiger partial charge in [-0.15, -0.1) is 0 Å². The molecule has 1 aromatic rings. The van der Waals surface area contributed by atoms with E-state index in [9.17, 15) is 4.79 Å². The van der Waals surface area contributed by atoms with Gasteiger partial charge in [0.05, 0.1) is 5.56 Å². The van der Waals surface area contributed by atoms with E-state index in [2.05, 4.69) is 5.32 Å². The van der Waals surface area contributed by atoms with Crippen molar-refractivity contribution in [3.05, 3.63) is 28.8 Å². The van der Waals surface area contributed by atoms with Gasteiger partial charge in [0.15, 0.2) is 6.10 Å². The molecule has 0 saturated heterocycles. The van der Waals surface area contributed by atoms with Crippen molar-refractivity contribution in [3.8, 4) is 5.75 Å². The number of hydrogen-bond acceptors (Lipinski definition) is 3. The predicted octanol–water partition coefficient (Wildman–Crippen LogP) is 2.02. The Morgan fingerprint density at radius 1 is 1.58 bits per heavy atom. The molecular formula is C13H15ClN2O2S. The summed E-state index contributed by atoms with van der Waals surface area (Å²) in [5.74, 6) is 0.287. The third-order valence-corrected chi connectivity index (χ3v) is 3.26. The van der Waals surface area contributed by atoms with Gasteiger partial charge in [-0.2, -0.15) is 0 Å². The number of hydrogen-bond donors (Lipinski definition) is 2. The highest BCUT2D eigenvalue weighted by atomic mass is 35.5. The maximum Gasteiger partial charge on any atom is 0.260 e. The van der Waals surface area contributed by atoms with Crippen LogP contribution in [0.2, 0.25) is 5.02 Å². The van der Waals surface area contributed by atoms with Crippen LogP contribution in [0.25, 0.3) is 0 Å². The van der Waals surface area contributed by atoms with Crippen molar-refractivity contribution in [3.63, 3.8) is 0 Å². The van der Waals surface area contributed by atoms with E-state index in [-0.39, 0.29) is 10.9 Å². The van der Waals surface area contributed by atoms with E-state index in [1.54, 1.807) is 25.1 Å². The Balaban J connectivity index is 2.10. The Hall–Kier alpha value is -1.33. The lowest BCUT2D eigenvalue weighted by Crippen LogP contribution is -2.37. The Morgan fingerprint density at radius 2 is 2.26 bits per heavy atom. The number of benzene rings is 1. The molecule has 3 N–H and O–H groups in total. The summed E-state index contributed by atoms with van der Waals surface area (Å²) in [7, 11) is 0. The fourth-order valence-corrected chi connectivity index (χ4v) is 1.92. The van der Waals surface area contributed by atoms with Crippen LogP contribution in [0.1, 0.15) is 25.3 Å². The summed E-state index contributed by atoms with van der Waals surface area (Å²) in [4.78, 5) is 12.0. The molecule has 6 heteroatoms. The maximum absolute atomic E-state index is 11.8. The molecule has 102 valence electrons. The summed E-state index contributed by atoms with van der Waals surface area (Å²) < 4.78 is 5.61. The van der Waals surface area contributed by atoms with Gasteiger partial charge in [-0.1, -0.05) is 23.8 Å². The second kappa shape index (κ2) is 5.75. The number of halogens is 1. The average molecular weight is 299 g/mol. The Bertz CT molecular complexity index is 517. The van der Waals surface area contributed by atoms with Crippen LogP contribution in [0.15, 0.2) is 18.2 Å². The molecule has 1 saturated carbocycles. The maximum atomic E-state index is 11.8. The van der Waals surface area contributed by atoms with Crippen LogP contribution in [0.4, 0.5) is 0 Å². The molecule has 1 amide bonds. The largest absolute Gasteiger partial charge is 0.480 e. The lowest BCUT2D eigenvalue weighted by atomic mass is 10.2. The molecule has 2 rings (SSSR count). The molecule has 4 nitrogen and oxygen atoms in total. The molecule has 0 radical (unpaired) electrons. The van der Waals surface area contributed by atoms with Crippen molar-refractivity contribution in [2.24, 2.45) is 5.73 Å². The Kier molecular flexibility index (Phi) is 4.27. The zero-order valence-electron chi connectivity index (χ0n) is 10.5.